The van der Waals surface area contributed by atoms with Crippen LogP contribution in [-0.2, 0) is 14.4 Å². The second-order valence-corrected chi connectivity index (χ2v) is 8.94. The van der Waals surface area contributed by atoms with Crippen LogP contribution in [0.4, 0.5) is 5.69 Å². The van der Waals surface area contributed by atoms with Gasteiger partial charge in [-0.1, -0.05) is 0 Å². The van der Waals surface area contributed by atoms with Gasteiger partial charge < -0.3 is 28.2 Å². The van der Waals surface area contributed by atoms with E-state index in [-0.39, 0.29) is 17.0 Å². The third-order valence-corrected chi connectivity index (χ3v) is 5.36. The average Bonchev–Trinajstić information content (AvgIpc) is 2.96. The van der Waals surface area contributed by atoms with E-state index in [0.29, 0.717) is 22.5 Å². The van der Waals surface area contributed by atoms with Gasteiger partial charge in [-0.3, -0.25) is 24.5 Å². The largest absolute Gasteiger partial charge is 0.477 e. The third kappa shape index (κ3) is 9.98. The normalized spacial score (nSPS) is 9.98. The van der Waals surface area contributed by atoms with Crippen LogP contribution in [0, 0.1) is 10.1 Å². The van der Waals surface area contributed by atoms with Crippen LogP contribution < -0.4 is 25.5 Å². The molecule has 1 N–H and O–H groups in total. The van der Waals surface area contributed by atoms with Crippen LogP contribution in [0.1, 0.15) is 31.1 Å². The summed E-state index contributed by atoms with van der Waals surface area (Å²) in [7, 11) is 0. The fourth-order valence-electron chi connectivity index (χ4n) is 3.54. The number of rotatable bonds is 5. The Labute approximate surface area is 257 Å². The molecule has 2 heterocycles. The molecule has 0 amide bonds. The smallest absolute Gasteiger partial charge is 0.351 e. The van der Waals surface area contributed by atoms with Crippen molar-refractivity contribution >= 4 is 51.5 Å². The van der Waals surface area contributed by atoms with Crippen LogP contribution in [0.2, 0.25) is 0 Å². The maximum atomic E-state index is 11.4. The van der Waals surface area contributed by atoms with Gasteiger partial charge in [0.25, 0.3) is 5.69 Å². The van der Waals surface area contributed by atoms with E-state index in [2.05, 4.69) is 4.74 Å². The van der Waals surface area contributed by atoms with Crippen LogP contribution in [-0.4, -0.2) is 33.9 Å². The predicted octanol–water partition coefficient (Wildman–Crippen LogP) is 4.65. The average molecular weight is 634 g/mol. The summed E-state index contributed by atoms with van der Waals surface area (Å²) < 4.78 is 24.2. The van der Waals surface area contributed by atoms with Gasteiger partial charge in [0.15, 0.2) is 0 Å². The molecule has 236 valence electrons. The first-order chi connectivity index (χ1) is 21.7. The number of aromatic carboxylic acids is 1. The summed E-state index contributed by atoms with van der Waals surface area (Å²) >= 11 is 0. The van der Waals surface area contributed by atoms with Crippen molar-refractivity contribution in [3.05, 3.63) is 115 Å². The molecule has 0 aliphatic rings. The minimum atomic E-state index is -1.35. The lowest BCUT2D eigenvalue weighted by Crippen LogP contribution is -2.12. The number of carboxylic acids is 1. The van der Waals surface area contributed by atoms with Crippen molar-refractivity contribution < 1.29 is 52.3 Å². The first-order valence-corrected chi connectivity index (χ1v) is 12.9. The topological polar surface area (TPSA) is 220 Å². The Morgan fingerprint density at radius 1 is 0.652 bits per heavy atom. The lowest BCUT2D eigenvalue weighted by atomic mass is 10.2. The number of hydrogen-bond donors (Lipinski definition) is 1. The number of nitrogens with zero attached hydrogens (tertiary/aromatic N) is 1. The summed E-state index contributed by atoms with van der Waals surface area (Å²) in [5.74, 6) is -1.82. The van der Waals surface area contributed by atoms with E-state index in [9.17, 15) is 38.9 Å². The van der Waals surface area contributed by atoms with Crippen LogP contribution in [0.3, 0.4) is 0 Å². The minimum Gasteiger partial charge on any atom is -0.477 e. The number of hydrogen-bond acceptors (Lipinski definition) is 13. The van der Waals surface area contributed by atoms with E-state index in [0.717, 1.165) is 5.39 Å². The lowest BCUT2D eigenvalue weighted by molar-refractivity contribution is -0.384. The van der Waals surface area contributed by atoms with Crippen molar-refractivity contribution in [2.45, 2.75) is 20.8 Å². The molecular formula is C31H23NO14. The van der Waals surface area contributed by atoms with Crippen LogP contribution in [0.5, 0.6) is 17.2 Å². The van der Waals surface area contributed by atoms with Gasteiger partial charge in [-0.25, -0.2) is 14.4 Å². The van der Waals surface area contributed by atoms with Gasteiger partial charge in [-0.05, 0) is 48.5 Å². The molecule has 0 aliphatic heterocycles. The second-order valence-electron chi connectivity index (χ2n) is 8.94. The van der Waals surface area contributed by atoms with E-state index < -0.39 is 45.6 Å². The first-order valence-electron chi connectivity index (χ1n) is 12.9. The lowest BCUT2D eigenvalue weighted by Gasteiger charge is -2.02. The highest BCUT2D eigenvalue weighted by Crippen LogP contribution is 2.21. The fourth-order valence-corrected chi connectivity index (χ4v) is 3.54. The minimum absolute atomic E-state index is 0.0316. The monoisotopic (exact) mass is 633 g/mol. The second kappa shape index (κ2) is 15.2. The number of nitro groups is 1. The van der Waals surface area contributed by atoms with E-state index in [4.69, 9.17) is 23.4 Å². The SMILES string of the molecule is CC(=O)Oc1ccc([N+](=O)[O-])cc1.CC(=O)Oc1ccc2cc(C(=O)O)c(=O)oc2c1.CC(=O)Oc1ccc2ccc(=O)oc2c1. The number of benzene rings is 3. The molecule has 15 heteroatoms. The Morgan fingerprint density at radius 2 is 1.11 bits per heavy atom. The number of esters is 3. The molecule has 0 atom stereocenters. The molecule has 0 radical (unpaired) electrons. The molecule has 0 saturated heterocycles. The van der Waals surface area contributed by atoms with Crippen molar-refractivity contribution in [1.29, 1.82) is 0 Å². The highest BCUT2D eigenvalue weighted by atomic mass is 16.6. The molecule has 0 unspecified atom stereocenters. The van der Waals surface area contributed by atoms with Gasteiger partial charge in [0, 0.05) is 61.9 Å². The van der Waals surface area contributed by atoms with Crippen molar-refractivity contribution in [2.75, 3.05) is 0 Å². The molecule has 15 nitrogen and oxygen atoms in total. The van der Waals surface area contributed by atoms with E-state index in [1.807, 2.05) is 0 Å². The highest BCUT2D eigenvalue weighted by Gasteiger charge is 2.13. The highest BCUT2D eigenvalue weighted by molar-refractivity contribution is 5.91. The Morgan fingerprint density at radius 3 is 1.61 bits per heavy atom. The maximum Gasteiger partial charge on any atom is 0.351 e. The zero-order valence-corrected chi connectivity index (χ0v) is 24.2. The Bertz CT molecular complexity index is 2060. The zero-order chi connectivity index (χ0) is 34.0. The quantitative estimate of drug-likeness (QED) is 0.0915. The Kier molecular flexibility index (Phi) is 11.2. The van der Waals surface area contributed by atoms with Crippen LogP contribution >= 0.6 is 0 Å². The molecule has 3 aromatic carbocycles. The molecule has 0 bridgehead atoms. The van der Waals surface area contributed by atoms with Gasteiger partial charge in [0.1, 0.15) is 34.0 Å². The molecular weight excluding hydrogens is 610 g/mol. The van der Waals surface area contributed by atoms with Gasteiger partial charge in [0.2, 0.25) is 0 Å². The first kappa shape index (κ1) is 33.9. The summed E-state index contributed by atoms with van der Waals surface area (Å²) in [5, 5.41) is 20.2. The van der Waals surface area contributed by atoms with E-state index in [1.54, 1.807) is 18.2 Å². The number of fused-ring (bicyclic) bond motifs is 2. The summed E-state index contributed by atoms with van der Waals surface area (Å²) in [5.41, 5.74) is -1.29. The van der Waals surface area contributed by atoms with Crippen LogP contribution in [0.25, 0.3) is 21.9 Å². The van der Waals surface area contributed by atoms with Gasteiger partial charge in [-0.2, -0.15) is 0 Å². The van der Waals surface area contributed by atoms with Crippen LogP contribution in [0.15, 0.2) is 97.3 Å². The van der Waals surface area contributed by atoms with Crippen molar-refractivity contribution in [3.8, 4) is 17.2 Å². The summed E-state index contributed by atoms with van der Waals surface area (Å²) in [6.07, 6.45) is 0. The summed E-state index contributed by atoms with van der Waals surface area (Å²) in [6.45, 7) is 3.82. The Balaban J connectivity index is 0.000000191. The number of carbonyl (C=O) groups excluding carboxylic acids is 3. The van der Waals surface area contributed by atoms with E-state index in [1.165, 1.54) is 81.4 Å². The number of ether oxygens (including phenoxy) is 3. The Hall–Kier alpha value is -6.64. The molecule has 2 aromatic heterocycles. The number of nitro benzene ring substituents is 1. The molecule has 5 aromatic rings. The van der Waals surface area contributed by atoms with Gasteiger partial charge in [-0.15, -0.1) is 0 Å². The molecule has 0 spiro atoms. The molecule has 0 aliphatic carbocycles. The van der Waals surface area contributed by atoms with Gasteiger partial charge in [0.05, 0.1) is 4.92 Å². The summed E-state index contributed by atoms with van der Waals surface area (Å²) in [4.78, 5) is 74.7. The molecule has 5 rings (SSSR count). The summed E-state index contributed by atoms with van der Waals surface area (Å²) in [6, 6.07) is 18.7. The molecule has 46 heavy (non-hydrogen) atoms. The molecule has 0 saturated carbocycles. The van der Waals surface area contributed by atoms with Crippen molar-refractivity contribution in [1.82, 2.24) is 0 Å². The van der Waals surface area contributed by atoms with E-state index >= 15 is 0 Å². The number of carboxylic acid groups (broad SMARTS) is 1. The number of non-ortho nitro benzene ring substituents is 1. The fraction of sp³-hybridized carbons (Fsp3) is 0.0968. The van der Waals surface area contributed by atoms with Crippen molar-refractivity contribution in [2.24, 2.45) is 0 Å². The predicted molar refractivity (Wildman–Crippen MR) is 159 cm³/mol. The maximum absolute atomic E-state index is 11.4. The van der Waals surface area contributed by atoms with Gasteiger partial charge >= 0.3 is 35.1 Å². The third-order valence-electron chi connectivity index (χ3n) is 5.36. The standard InChI is InChI=1S/C12H8O6.C11H8O4.C8H7NO4/c1-6(13)17-8-3-2-7-4-9(11(14)15)12(16)18-10(7)5-8;1-7(12)14-9-4-2-8-3-5-11(13)15-10(8)6-9;1-6(10)13-8-4-2-7(3-5-8)9(11)12/h2-5H,1H3,(H,14,15);2-6H,1H3;2-5H,1H3. The zero-order valence-electron chi connectivity index (χ0n) is 24.2. The molecule has 0 fully saturated rings. The number of carbonyl (C=O) groups is 4. The van der Waals surface area contributed by atoms with Crippen molar-refractivity contribution in [3.63, 3.8) is 0 Å².